The molecule has 0 aliphatic carbocycles. The van der Waals surface area contributed by atoms with Gasteiger partial charge in [0.05, 0.1) is 11.1 Å². The normalized spacial score (nSPS) is 10.5. The number of halogens is 1. The lowest BCUT2D eigenvalue weighted by molar-refractivity contribution is 0.0697. The van der Waals surface area contributed by atoms with Crippen molar-refractivity contribution in [2.45, 2.75) is 6.92 Å². The minimum absolute atomic E-state index is 0.219. The van der Waals surface area contributed by atoms with Gasteiger partial charge in [0.1, 0.15) is 5.15 Å². The number of hydrogen-bond acceptors (Lipinski definition) is 2. The lowest BCUT2D eigenvalue weighted by Gasteiger charge is -2.03. The Morgan fingerprint density at radius 2 is 2.13 bits per heavy atom. The smallest absolute Gasteiger partial charge is 0.335 e. The highest BCUT2D eigenvalue weighted by Gasteiger charge is 2.06. The second kappa shape index (κ2) is 3.51. The monoisotopic (exact) mass is 221 g/mol. The van der Waals surface area contributed by atoms with Crippen LogP contribution in [-0.2, 0) is 0 Å². The van der Waals surface area contributed by atoms with Crippen molar-refractivity contribution in [3.05, 3.63) is 40.5 Å². The van der Waals surface area contributed by atoms with Crippen molar-refractivity contribution < 1.29 is 9.90 Å². The van der Waals surface area contributed by atoms with Crippen LogP contribution < -0.4 is 0 Å². The van der Waals surface area contributed by atoms with Crippen LogP contribution in [0.25, 0.3) is 10.9 Å². The molecule has 0 saturated heterocycles. The minimum Gasteiger partial charge on any atom is -0.478 e. The summed E-state index contributed by atoms with van der Waals surface area (Å²) in [6, 6.07) is 6.59. The van der Waals surface area contributed by atoms with Gasteiger partial charge in [-0.25, -0.2) is 9.78 Å². The average molecular weight is 222 g/mol. The summed E-state index contributed by atoms with van der Waals surface area (Å²) in [5.74, 6) is -0.962. The lowest BCUT2D eigenvalue weighted by atomic mass is 10.1. The largest absolute Gasteiger partial charge is 0.478 e. The highest BCUT2D eigenvalue weighted by Crippen LogP contribution is 2.21. The van der Waals surface area contributed by atoms with Gasteiger partial charge in [-0.05, 0) is 30.7 Å². The zero-order valence-corrected chi connectivity index (χ0v) is 8.75. The third-order valence-corrected chi connectivity index (χ3v) is 2.43. The maximum absolute atomic E-state index is 10.8. The molecule has 3 nitrogen and oxygen atoms in total. The van der Waals surface area contributed by atoms with Crippen LogP contribution in [-0.4, -0.2) is 16.1 Å². The van der Waals surface area contributed by atoms with Crippen LogP contribution in [0, 0.1) is 6.92 Å². The standard InChI is InChI=1S/C11H8ClNO2/c1-6-4-10(12)13-9-5-7(11(14)15)2-3-8(6)9/h2-5H,1H3,(H,14,15). The Morgan fingerprint density at radius 1 is 1.40 bits per heavy atom. The van der Waals surface area contributed by atoms with E-state index < -0.39 is 5.97 Å². The number of benzene rings is 1. The Hall–Kier alpha value is -1.61. The minimum atomic E-state index is -0.962. The van der Waals surface area contributed by atoms with Crippen molar-refractivity contribution in [1.29, 1.82) is 0 Å². The molecule has 0 spiro atoms. The first-order valence-corrected chi connectivity index (χ1v) is 4.76. The maximum atomic E-state index is 10.8. The summed E-state index contributed by atoms with van der Waals surface area (Å²) >= 11 is 5.80. The van der Waals surface area contributed by atoms with Gasteiger partial charge in [0.15, 0.2) is 0 Å². The van der Waals surface area contributed by atoms with E-state index in [0.717, 1.165) is 10.9 Å². The van der Waals surface area contributed by atoms with Crippen LogP contribution in [0.3, 0.4) is 0 Å². The summed E-state index contributed by atoms with van der Waals surface area (Å²) in [4.78, 5) is 14.8. The fourth-order valence-corrected chi connectivity index (χ4v) is 1.75. The fourth-order valence-electron chi connectivity index (χ4n) is 1.49. The van der Waals surface area contributed by atoms with Crippen LogP contribution in [0.15, 0.2) is 24.3 Å². The van der Waals surface area contributed by atoms with Crippen LogP contribution in [0.4, 0.5) is 0 Å². The first-order valence-electron chi connectivity index (χ1n) is 4.38. The summed E-state index contributed by atoms with van der Waals surface area (Å²) in [5.41, 5.74) is 1.82. The second-order valence-corrected chi connectivity index (χ2v) is 3.69. The van der Waals surface area contributed by atoms with Gasteiger partial charge in [-0.3, -0.25) is 0 Å². The number of aryl methyl sites for hydroxylation is 1. The summed E-state index contributed by atoms with van der Waals surface area (Å²) in [5, 5.41) is 10.1. The van der Waals surface area contributed by atoms with Crippen molar-refractivity contribution >= 4 is 28.5 Å². The van der Waals surface area contributed by atoms with E-state index in [0.29, 0.717) is 10.7 Å². The van der Waals surface area contributed by atoms with Gasteiger partial charge in [-0.15, -0.1) is 0 Å². The summed E-state index contributed by atoms with van der Waals surface area (Å²) in [6.07, 6.45) is 0. The van der Waals surface area contributed by atoms with Crippen LogP contribution in [0.1, 0.15) is 15.9 Å². The van der Waals surface area contributed by atoms with Crippen molar-refractivity contribution in [2.24, 2.45) is 0 Å². The zero-order chi connectivity index (χ0) is 11.0. The van der Waals surface area contributed by atoms with Crippen molar-refractivity contribution in [3.8, 4) is 0 Å². The average Bonchev–Trinajstić information content (AvgIpc) is 2.16. The van der Waals surface area contributed by atoms with E-state index in [4.69, 9.17) is 16.7 Å². The maximum Gasteiger partial charge on any atom is 0.335 e. The van der Waals surface area contributed by atoms with Crippen LogP contribution in [0.5, 0.6) is 0 Å². The predicted octanol–water partition coefficient (Wildman–Crippen LogP) is 2.89. The molecule has 4 heteroatoms. The van der Waals surface area contributed by atoms with Gasteiger partial charge in [0.2, 0.25) is 0 Å². The molecule has 1 heterocycles. The van der Waals surface area contributed by atoms with Gasteiger partial charge in [0, 0.05) is 5.39 Å². The number of aromatic nitrogens is 1. The Kier molecular flexibility index (Phi) is 2.32. The molecular weight excluding hydrogens is 214 g/mol. The topological polar surface area (TPSA) is 50.2 Å². The number of fused-ring (bicyclic) bond motifs is 1. The summed E-state index contributed by atoms with van der Waals surface area (Å²) < 4.78 is 0. The zero-order valence-electron chi connectivity index (χ0n) is 7.99. The molecule has 76 valence electrons. The summed E-state index contributed by atoms with van der Waals surface area (Å²) in [6.45, 7) is 1.91. The number of carboxylic acids is 1. The molecule has 0 amide bonds. The number of carbonyl (C=O) groups is 1. The Bertz CT molecular complexity index is 552. The molecule has 0 unspecified atom stereocenters. The molecule has 0 fully saturated rings. The number of pyridine rings is 1. The predicted molar refractivity (Wildman–Crippen MR) is 58.4 cm³/mol. The molecule has 1 aromatic carbocycles. The van der Waals surface area contributed by atoms with Crippen molar-refractivity contribution in [2.75, 3.05) is 0 Å². The van der Waals surface area contributed by atoms with Crippen molar-refractivity contribution in [1.82, 2.24) is 4.98 Å². The molecule has 1 aromatic heterocycles. The molecule has 0 radical (unpaired) electrons. The van der Waals surface area contributed by atoms with Crippen LogP contribution in [0.2, 0.25) is 5.15 Å². The van der Waals surface area contributed by atoms with E-state index in [1.54, 1.807) is 18.2 Å². The van der Waals surface area contributed by atoms with E-state index in [1.807, 2.05) is 6.92 Å². The molecule has 0 atom stereocenters. The van der Waals surface area contributed by atoms with E-state index in [2.05, 4.69) is 4.98 Å². The SMILES string of the molecule is Cc1cc(Cl)nc2cc(C(=O)O)ccc12. The highest BCUT2D eigenvalue weighted by atomic mass is 35.5. The Morgan fingerprint density at radius 3 is 2.80 bits per heavy atom. The fraction of sp³-hybridized carbons (Fsp3) is 0.0909. The lowest BCUT2D eigenvalue weighted by Crippen LogP contribution is -1.96. The Balaban J connectivity index is 2.76. The molecule has 0 bridgehead atoms. The first-order chi connectivity index (χ1) is 7.08. The second-order valence-electron chi connectivity index (χ2n) is 3.30. The van der Waals surface area contributed by atoms with Gasteiger partial charge in [0.25, 0.3) is 0 Å². The number of rotatable bonds is 1. The number of carboxylic acid groups (broad SMARTS) is 1. The number of hydrogen-bond donors (Lipinski definition) is 1. The molecule has 2 rings (SSSR count). The third kappa shape index (κ3) is 1.78. The van der Waals surface area contributed by atoms with Gasteiger partial charge in [-0.2, -0.15) is 0 Å². The molecular formula is C11H8ClNO2. The summed E-state index contributed by atoms with van der Waals surface area (Å²) in [7, 11) is 0. The molecule has 0 aliphatic rings. The molecule has 0 aliphatic heterocycles. The molecule has 1 N–H and O–H groups in total. The quantitative estimate of drug-likeness (QED) is 0.754. The number of aromatic carboxylic acids is 1. The van der Waals surface area contributed by atoms with E-state index in [9.17, 15) is 4.79 Å². The first kappa shape index (κ1) is 9.93. The van der Waals surface area contributed by atoms with E-state index >= 15 is 0 Å². The van der Waals surface area contributed by atoms with Gasteiger partial charge in [-0.1, -0.05) is 17.7 Å². The highest BCUT2D eigenvalue weighted by molar-refractivity contribution is 6.29. The molecule has 15 heavy (non-hydrogen) atoms. The Labute approximate surface area is 91.3 Å². The van der Waals surface area contributed by atoms with E-state index in [1.165, 1.54) is 6.07 Å². The van der Waals surface area contributed by atoms with Gasteiger partial charge < -0.3 is 5.11 Å². The molecule has 0 saturated carbocycles. The van der Waals surface area contributed by atoms with Crippen molar-refractivity contribution in [3.63, 3.8) is 0 Å². The number of nitrogens with zero attached hydrogens (tertiary/aromatic N) is 1. The van der Waals surface area contributed by atoms with E-state index in [-0.39, 0.29) is 5.56 Å². The van der Waals surface area contributed by atoms with Crippen LogP contribution >= 0.6 is 11.6 Å². The third-order valence-electron chi connectivity index (χ3n) is 2.23. The van der Waals surface area contributed by atoms with Gasteiger partial charge >= 0.3 is 5.97 Å². The molecule has 2 aromatic rings.